The summed E-state index contributed by atoms with van der Waals surface area (Å²) in [5.74, 6) is -1.18. The van der Waals surface area contributed by atoms with Gasteiger partial charge in [0, 0.05) is 11.6 Å². The topological polar surface area (TPSA) is 76.4 Å². The van der Waals surface area contributed by atoms with Gasteiger partial charge in [-0.15, -0.1) is 0 Å². The summed E-state index contributed by atoms with van der Waals surface area (Å²) in [7, 11) is -2.74. The van der Waals surface area contributed by atoms with Gasteiger partial charge in [-0.2, -0.15) is 13.7 Å². The highest BCUT2D eigenvalue weighted by molar-refractivity contribution is 7.86. The van der Waals surface area contributed by atoms with Crippen molar-refractivity contribution in [3.8, 4) is 17.6 Å². The number of nitriles is 1. The maximum Gasteiger partial charge on any atom is 0.313 e. The fourth-order valence-corrected chi connectivity index (χ4v) is 2.86. The van der Waals surface area contributed by atoms with E-state index >= 15 is 0 Å². The van der Waals surface area contributed by atoms with Gasteiger partial charge in [0.25, 0.3) is 0 Å². The second kappa shape index (κ2) is 6.45. The summed E-state index contributed by atoms with van der Waals surface area (Å²) in [5.41, 5.74) is 0.311. The molecule has 7 heteroatoms. The van der Waals surface area contributed by atoms with E-state index in [0.717, 1.165) is 0 Å². The third-order valence-electron chi connectivity index (χ3n) is 2.80. The summed E-state index contributed by atoms with van der Waals surface area (Å²) in [6.07, 6.45) is 0. The lowest BCUT2D eigenvalue weighted by Crippen LogP contribution is -2.13. The number of halogens is 1. The van der Waals surface area contributed by atoms with Crippen LogP contribution in [0.1, 0.15) is 11.1 Å². The molecule has 2 aromatic rings. The number of benzene rings is 2. The molecule has 5 nitrogen and oxygen atoms in total. The highest BCUT2D eigenvalue weighted by Crippen LogP contribution is 2.29. The Balaban J connectivity index is 2.26. The van der Waals surface area contributed by atoms with Crippen molar-refractivity contribution in [1.82, 2.24) is 0 Å². The zero-order valence-corrected chi connectivity index (χ0v) is 12.4. The molecule has 0 bridgehead atoms. The molecule has 2 rings (SSSR count). The minimum atomic E-state index is -4.07. The Morgan fingerprint density at radius 2 is 1.91 bits per heavy atom. The van der Waals surface area contributed by atoms with Crippen LogP contribution in [-0.4, -0.2) is 15.5 Å². The minimum absolute atomic E-state index is 0.00936. The van der Waals surface area contributed by atoms with Crippen LogP contribution in [0, 0.1) is 17.1 Å². The van der Waals surface area contributed by atoms with E-state index < -0.39 is 21.7 Å². The van der Waals surface area contributed by atoms with Crippen LogP contribution in [0.5, 0.6) is 11.5 Å². The van der Waals surface area contributed by atoms with Gasteiger partial charge in [-0.25, -0.2) is 4.39 Å². The lowest BCUT2D eigenvalue weighted by molar-refractivity contribution is 0.390. The first-order valence-corrected chi connectivity index (χ1v) is 7.76. The average molecular weight is 321 g/mol. The van der Waals surface area contributed by atoms with E-state index in [1.807, 2.05) is 6.07 Å². The van der Waals surface area contributed by atoms with E-state index in [0.29, 0.717) is 5.56 Å². The van der Waals surface area contributed by atoms with Gasteiger partial charge in [-0.1, -0.05) is 18.2 Å². The highest BCUT2D eigenvalue weighted by atomic mass is 32.2. The third-order valence-corrected chi connectivity index (χ3v) is 3.90. The van der Waals surface area contributed by atoms with Crippen molar-refractivity contribution in [3.63, 3.8) is 0 Å². The van der Waals surface area contributed by atoms with Crippen LogP contribution in [0.3, 0.4) is 0 Å². The number of nitrogens with zero attached hydrogens (tertiary/aromatic N) is 1. The van der Waals surface area contributed by atoms with Crippen LogP contribution in [0.4, 0.5) is 4.39 Å². The summed E-state index contributed by atoms with van der Waals surface area (Å²) < 4.78 is 47.5. The maximum atomic E-state index is 13.5. The monoisotopic (exact) mass is 321 g/mol. The SMILES string of the molecule is COc1cc(C#N)ccc1OS(=O)(=O)Cc1ccccc1F. The zero-order chi connectivity index (χ0) is 16.2. The predicted molar refractivity (Wildman–Crippen MR) is 77.4 cm³/mol. The molecule has 22 heavy (non-hydrogen) atoms. The standard InChI is InChI=1S/C15H12FNO4S/c1-20-15-8-11(9-17)6-7-14(15)21-22(18,19)10-12-4-2-3-5-13(12)16/h2-8H,10H2,1H3. The molecule has 0 unspecified atom stereocenters. The first kappa shape index (κ1) is 15.8. The molecule has 0 spiro atoms. The fraction of sp³-hybridized carbons (Fsp3) is 0.133. The Morgan fingerprint density at radius 3 is 2.55 bits per heavy atom. The predicted octanol–water partition coefficient (Wildman–Crippen LogP) is 2.61. The molecule has 0 fully saturated rings. The largest absolute Gasteiger partial charge is 0.493 e. The molecule has 0 radical (unpaired) electrons. The van der Waals surface area contributed by atoms with Gasteiger partial charge in [0.15, 0.2) is 11.5 Å². The van der Waals surface area contributed by atoms with Crippen LogP contribution in [0.25, 0.3) is 0 Å². The van der Waals surface area contributed by atoms with Gasteiger partial charge in [-0.05, 0) is 18.2 Å². The van der Waals surface area contributed by atoms with Gasteiger partial charge >= 0.3 is 10.1 Å². The fourth-order valence-electron chi connectivity index (χ4n) is 1.78. The maximum absolute atomic E-state index is 13.5. The van der Waals surface area contributed by atoms with E-state index in [9.17, 15) is 12.8 Å². The number of ether oxygens (including phenoxy) is 1. The van der Waals surface area contributed by atoms with Gasteiger partial charge < -0.3 is 8.92 Å². The van der Waals surface area contributed by atoms with Crippen molar-refractivity contribution in [3.05, 3.63) is 59.4 Å². The lowest BCUT2D eigenvalue weighted by Gasteiger charge is -2.11. The zero-order valence-electron chi connectivity index (χ0n) is 11.6. The highest BCUT2D eigenvalue weighted by Gasteiger charge is 2.19. The molecule has 0 aliphatic rings. The van der Waals surface area contributed by atoms with E-state index in [2.05, 4.69) is 0 Å². The molecule has 0 amide bonds. The second-order valence-electron chi connectivity index (χ2n) is 4.35. The molecular formula is C15H12FNO4S. The summed E-state index contributed by atoms with van der Waals surface area (Å²) in [4.78, 5) is 0. The Kier molecular flexibility index (Phi) is 4.63. The summed E-state index contributed by atoms with van der Waals surface area (Å²) in [5, 5.41) is 8.80. The molecule has 114 valence electrons. The molecular weight excluding hydrogens is 309 g/mol. The van der Waals surface area contributed by atoms with Gasteiger partial charge in [0.2, 0.25) is 0 Å². The smallest absolute Gasteiger partial charge is 0.313 e. The van der Waals surface area contributed by atoms with Gasteiger partial charge in [0.1, 0.15) is 11.6 Å². The first-order valence-electron chi connectivity index (χ1n) is 6.19. The van der Waals surface area contributed by atoms with Gasteiger partial charge in [0.05, 0.1) is 18.7 Å². The van der Waals surface area contributed by atoms with Crippen molar-refractivity contribution in [2.45, 2.75) is 5.75 Å². The third kappa shape index (κ3) is 3.74. The number of hydrogen-bond acceptors (Lipinski definition) is 5. The number of hydrogen-bond donors (Lipinski definition) is 0. The van der Waals surface area contributed by atoms with Crippen LogP contribution in [0.2, 0.25) is 0 Å². The number of methoxy groups -OCH3 is 1. The second-order valence-corrected chi connectivity index (χ2v) is 5.92. The van der Waals surface area contributed by atoms with Crippen molar-refractivity contribution >= 4 is 10.1 Å². The minimum Gasteiger partial charge on any atom is -0.493 e. The first-order chi connectivity index (χ1) is 10.4. The van der Waals surface area contributed by atoms with Crippen LogP contribution in [-0.2, 0) is 15.9 Å². The Bertz CT molecular complexity index is 828. The van der Waals surface area contributed by atoms with Crippen LogP contribution in [0.15, 0.2) is 42.5 Å². The molecule has 0 heterocycles. The van der Waals surface area contributed by atoms with E-state index in [-0.39, 0.29) is 17.1 Å². The molecule has 0 aliphatic carbocycles. The summed E-state index contributed by atoms with van der Waals surface area (Å²) in [6.45, 7) is 0. The average Bonchev–Trinajstić information content (AvgIpc) is 2.49. The van der Waals surface area contributed by atoms with Crippen molar-refractivity contribution in [2.75, 3.05) is 7.11 Å². The van der Waals surface area contributed by atoms with Crippen molar-refractivity contribution in [2.24, 2.45) is 0 Å². The summed E-state index contributed by atoms with van der Waals surface area (Å²) in [6, 6.07) is 11.5. The molecule has 0 N–H and O–H groups in total. The molecule has 0 saturated heterocycles. The van der Waals surface area contributed by atoms with E-state index in [1.165, 1.54) is 49.6 Å². The van der Waals surface area contributed by atoms with Crippen molar-refractivity contribution < 1.29 is 21.7 Å². The number of rotatable bonds is 5. The van der Waals surface area contributed by atoms with E-state index in [1.54, 1.807) is 0 Å². The van der Waals surface area contributed by atoms with E-state index in [4.69, 9.17) is 14.2 Å². The summed E-state index contributed by atoms with van der Waals surface area (Å²) >= 11 is 0. The molecule has 0 atom stereocenters. The van der Waals surface area contributed by atoms with Crippen molar-refractivity contribution in [1.29, 1.82) is 5.26 Å². The van der Waals surface area contributed by atoms with Crippen LogP contribution < -0.4 is 8.92 Å². The molecule has 0 aliphatic heterocycles. The Labute approximate surface area is 127 Å². The van der Waals surface area contributed by atoms with Gasteiger partial charge in [-0.3, -0.25) is 0 Å². The lowest BCUT2D eigenvalue weighted by atomic mass is 10.2. The molecule has 0 aromatic heterocycles. The quantitative estimate of drug-likeness (QED) is 0.791. The molecule has 2 aromatic carbocycles. The Hall–Kier alpha value is -2.59. The van der Waals surface area contributed by atoms with Crippen LogP contribution >= 0.6 is 0 Å². The normalized spacial score (nSPS) is 10.8. The molecule has 0 saturated carbocycles. The Morgan fingerprint density at radius 1 is 1.18 bits per heavy atom.